The van der Waals surface area contributed by atoms with Crippen LogP contribution in [-0.2, 0) is 20.9 Å². The number of nitrogens with zero attached hydrogens (tertiary/aromatic N) is 2. The predicted octanol–water partition coefficient (Wildman–Crippen LogP) is 2.74. The van der Waals surface area contributed by atoms with Crippen LogP contribution in [0, 0.1) is 11.8 Å². The Morgan fingerprint density at radius 1 is 0.962 bits per heavy atom. The van der Waals surface area contributed by atoms with Crippen molar-refractivity contribution in [2.24, 2.45) is 11.8 Å². The second-order valence-electron chi connectivity index (χ2n) is 7.81. The highest BCUT2D eigenvalue weighted by Gasteiger charge is 2.48. The number of amides is 3. The van der Waals surface area contributed by atoms with Crippen LogP contribution in [0.15, 0.2) is 30.3 Å². The van der Waals surface area contributed by atoms with Gasteiger partial charge in [0.05, 0.1) is 11.8 Å². The van der Waals surface area contributed by atoms with Crippen molar-refractivity contribution in [1.82, 2.24) is 9.80 Å². The van der Waals surface area contributed by atoms with Crippen LogP contribution in [0.5, 0.6) is 0 Å². The van der Waals surface area contributed by atoms with Gasteiger partial charge in [-0.15, -0.1) is 0 Å². The van der Waals surface area contributed by atoms with E-state index >= 15 is 0 Å². The standard InChI is InChI=1S/C21H26N2O3/c24-19(23(16-10-11-16)14-15-6-2-1-3-7-15)12-13-22-20(25)17-8-4-5-9-18(17)21(22)26/h1-3,6-7,16-18H,4-5,8-14H2. The van der Waals surface area contributed by atoms with Crippen molar-refractivity contribution in [3.05, 3.63) is 35.9 Å². The highest BCUT2D eigenvalue weighted by atomic mass is 16.2. The van der Waals surface area contributed by atoms with E-state index in [2.05, 4.69) is 0 Å². The Bertz CT molecular complexity index is 674. The summed E-state index contributed by atoms with van der Waals surface area (Å²) in [5.74, 6) is -0.306. The van der Waals surface area contributed by atoms with Crippen molar-refractivity contribution in [3.8, 4) is 0 Å². The van der Waals surface area contributed by atoms with E-state index in [1.807, 2.05) is 35.2 Å². The highest BCUT2D eigenvalue weighted by Crippen LogP contribution is 2.38. The third-order valence-corrected chi connectivity index (χ3v) is 5.99. The lowest BCUT2D eigenvalue weighted by molar-refractivity contribution is -0.141. The highest BCUT2D eigenvalue weighted by molar-refractivity contribution is 6.05. The average molecular weight is 354 g/mol. The third kappa shape index (κ3) is 3.39. The van der Waals surface area contributed by atoms with Gasteiger partial charge in [-0.1, -0.05) is 43.2 Å². The second-order valence-corrected chi connectivity index (χ2v) is 7.81. The van der Waals surface area contributed by atoms with Crippen molar-refractivity contribution in [2.45, 2.75) is 57.5 Å². The van der Waals surface area contributed by atoms with E-state index in [1.165, 1.54) is 4.90 Å². The zero-order valence-electron chi connectivity index (χ0n) is 15.1. The molecule has 0 bridgehead atoms. The Labute approximate surface area is 154 Å². The Kier molecular flexibility index (Phi) is 4.79. The minimum Gasteiger partial charge on any atom is -0.335 e. The number of benzene rings is 1. The molecule has 3 aliphatic rings. The molecule has 138 valence electrons. The van der Waals surface area contributed by atoms with E-state index in [4.69, 9.17) is 0 Å². The average Bonchev–Trinajstić information content (AvgIpc) is 3.48. The third-order valence-electron chi connectivity index (χ3n) is 5.99. The summed E-state index contributed by atoms with van der Waals surface area (Å²) in [6, 6.07) is 10.3. The number of carbonyl (C=O) groups excluding carboxylic acids is 3. The maximum Gasteiger partial charge on any atom is 0.233 e. The summed E-state index contributed by atoms with van der Waals surface area (Å²) < 4.78 is 0. The van der Waals surface area contributed by atoms with Gasteiger partial charge in [0.2, 0.25) is 17.7 Å². The summed E-state index contributed by atoms with van der Waals surface area (Å²) in [6.45, 7) is 0.846. The van der Waals surface area contributed by atoms with Crippen molar-refractivity contribution < 1.29 is 14.4 Å². The molecule has 2 saturated carbocycles. The van der Waals surface area contributed by atoms with Crippen LogP contribution in [0.3, 0.4) is 0 Å². The van der Waals surface area contributed by atoms with E-state index in [9.17, 15) is 14.4 Å². The van der Waals surface area contributed by atoms with Gasteiger partial charge in [0, 0.05) is 25.6 Å². The van der Waals surface area contributed by atoms with Crippen LogP contribution in [0.2, 0.25) is 0 Å². The van der Waals surface area contributed by atoms with E-state index in [-0.39, 0.29) is 42.5 Å². The Morgan fingerprint density at radius 2 is 1.58 bits per heavy atom. The van der Waals surface area contributed by atoms with Crippen molar-refractivity contribution in [3.63, 3.8) is 0 Å². The van der Waals surface area contributed by atoms with Crippen LogP contribution in [0.1, 0.15) is 50.5 Å². The molecule has 2 unspecified atom stereocenters. The normalized spacial score (nSPS) is 25.3. The Balaban J connectivity index is 1.38. The van der Waals surface area contributed by atoms with Gasteiger partial charge >= 0.3 is 0 Å². The smallest absolute Gasteiger partial charge is 0.233 e. The predicted molar refractivity (Wildman–Crippen MR) is 96.8 cm³/mol. The number of carbonyl (C=O) groups is 3. The van der Waals surface area contributed by atoms with Gasteiger partial charge in [0.25, 0.3) is 0 Å². The molecule has 4 rings (SSSR count). The van der Waals surface area contributed by atoms with Crippen molar-refractivity contribution in [1.29, 1.82) is 0 Å². The lowest BCUT2D eigenvalue weighted by Gasteiger charge is -2.24. The molecule has 1 aromatic rings. The molecule has 0 aromatic heterocycles. The molecule has 1 saturated heterocycles. The molecule has 3 fully saturated rings. The monoisotopic (exact) mass is 354 g/mol. The number of rotatable bonds is 6. The van der Waals surface area contributed by atoms with Crippen LogP contribution < -0.4 is 0 Å². The van der Waals surface area contributed by atoms with E-state index in [0.717, 1.165) is 44.1 Å². The van der Waals surface area contributed by atoms with Gasteiger partial charge in [-0.05, 0) is 31.2 Å². The van der Waals surface area contributed by atoms with Gasteiger partial charge in [-0.3, -0.25) is 19.3 Å². The molecule has 0 radical (unpaired) electrons. The largest absolute Gasteiger partial charge is 0.335 e. The molecule has 2 aliphatic carbocycles. The lowest BCUT2D eigenvalue weighted by Crippen LogP contribution is -2.38. The summed E-state index contributed by atoms with van der Waals surface area (Å²) in [4.78, 5) is 41.2. The molecule has 26 heavy (non-hydrogen) atoms. The summed E-state index contributed by atoms with van der Waals surface area (Å²) in [5, 5.41) is 0. The molecule has 5 heteroatoms. The first-order chi connectivity index (χ1) is 12.6. The minimum atomic E-state index is -0.129. The number of likely N-dealkylation sites (tertiary alicyclic amines) is 1. The number of fused-ring (bicyclic) bond motifs is 1. The molecule has 3 amide bonds. The van der Waals surface area contributed by atoms with E-state index < -0.39 is 0 Å². The zero-order valence-corrected chi connectivity index (χ0v) is 15.1. The fourth-order valence-corrected chi connectivity index (χ4v) is 4.39. The zero-order chi connectivity index (χ0) is 18.1. The number of hydrogen-bond donors (Lipinski definition) is 0. The first kappa shape index (κ1) is 17.3. The molecule has 0 spiro atoms. The Hall–Kier alpha value is -2.17. The first-order valence-corrected chi connectivity index (χ1v) is 9.84. The molecular weight excluding hydrogens is 328 g/mol. The van der Waals surface area contributed by atoms with E-state index in [0.29, 0.717) is 12.6 Å². The van der Waals surface area contributed by atoms with Crippen LogP contribution in [0.25, 0.3) is 0 Å². The Morgan fingerprint density at radius 3 is 2.15 bits per heavy atom. The van der Waals surface area contributed by atoms with Crippen molar-refractivity contribution >= 4 is 17.7 Å². The second kappa shape index (κ2) is 7.22. The summed E-state index contributed by atoms with van der Waals surface area (Å²) in [7, 11) is 0. The molecule has 1 aromatic carbocycles. The molecule has 1 heterocycles. The van der Waals surface area contributed by atoms with Crippen LogP contribution in [0.4, 0.5) is 0 Å². The molecular formula is C21H26N2O3. The molecule has 0 N–H and O–H groups in total. The molecule has 1 aliphatic heterocycles. The van der Waals surface area contributed by atoms with Gasteiger partial charge in [-0.25, -0.2) is 0 Å². The van der Waals surface area contributed by atoms with Gasteiger partial charge < -0.3 is 4.90 Å². The SMILES string of the molecule is O=C1C2CCCCC2C(=O)N1CCC(=O)N(Cc1ccccc1)C1CC1. The molecule has 2 atom stereocenters. The van der Waals surface area contributed by atoms with Crippen LogP contribution in [-0.4, -0.2) is 40.1 Å². The fourth-order valence-electron chi connectivity index (χ4n) is 4.39. The summed E-state index contributed by atoms with van der Waals surface area (Å²) in [6.07, 6.45) is 6.03. The minimum absolute atomic E-state index is 0.0477. The summed E-state index contributed by atoms with van der Waals surface area (Å²) >= 11 is 0. The number of hydrogen-bond acceptors (Lipinski definition) is 3. The van der Waals surface area contributed by atoms with Gasteiger partial charge in [0.15, 0.2) is 0 Å². The quantitative estimate of drug-likeness (QED) is 0.738. The van der Waals surface area contributed by atoms with Gasteiger partial charge in [0.1, 0.15) is 0 Å². The number of imide groups is 1. The maximum absolute atomic E-state index is 12.8. The lowest BCUT2D eigenvalue weighted by atomic mass is 9.81. The maximum atomic E-state index is 12.8. The van der Waals surface area contributed by atoms with E-state index in [1.54, 1.807) is 0 Å². The fraction of sp³-hybridized carbons (Fsp3) is 0.571. The van der Waals surface area contributed by atoms with Gasteiger partial charge in [-0.2, -0.15) is 0 Å². The molecule has 5 nitrogen and oxygen atoms in total. The van der Waals surface area contributed by atoms with Crippen LogP contribution >= 0.6 is 0 Å². The summed E-state index contributed by atoms with van der Waals surface area (Å²) in [5.41, 5.74) is 1.12. The topological polar surface area (TPSA) is 57.7 Å². The van der Waals surface area contributed by atoms with Crippen molar-refractivity contribution in [2.75, 3.05) is 6.54 Å². The first-order valence-electron chi connectivity index (χ1n) is 9.84.